The zero-order valence-electron chi connectivity index (χ0n) is 3.17. The van der Waals surface area contributed by atoms with Crippen LogP contribution in [0.2, 0.25) is 0 Å². The molecular weight excluding hydrogens is 163 g/mol. The molecule has 0 aromatic carbocycles. The molecule has 0 fully saturated rings. The van der Waals surface area contributed by atoms with E-state index in [4.69, 9.17) is 40.5 Å². The minimum atomic E-state index is -2.51. The standard InChI is InChI=1S/C2H3Cl3FN/c3-1(7)2(4,5)6/h1H,7H2. The second-order valence-electron chi connectivity index (χ2n) is 0.943. The molecule has 0 aromatic heterocycles. The van der Waals surface area contributed by atoms with E-state index >= 15 is 0 Å². The Morgan fingerprint density at radius 3 is 1.71 bits per heavy atom. The third-order valence-corrected chi connectivity index (χ3v) is 1.31. The molecule has 5 heteroatoms. The van der Waals surface area contributed by atoms with Crippen molar-refractivity contribution in [1.82, 2.24) is 0 Å². The molecule has 0 aromatic rings. The predicted molar refractivity (Wildman–Crippen MR) is 29.4 cm³/mol. The van der Waals surface area contributed by atoms with Gasteiger partial charge < -0.3 is 5.73 Å². The van der Waals surface area contributed by atoms with E-state index in [1.54, 1.807) is 0 Å². The summed E-state index contributed by atoms with van der Waals surface area (Å²) in [4.78, 5) is 0. The maximum Gasteiger partial charge on any atom is 0.286 e. The summed E-state index contributed by atoms with van der Waals surface area (Å²) in [6.07, 6.45) is 0. The van der Waals surface area contributed by atoms with Gasteiger partial charge in [-0.15, -0.1) is 0 Å². The molecule has 0 bridgehead atoms. The average molecular weight is 166 g/mol. The van der Waals surface area contributed by atoms with Gasteiger partial charge >= 0.3 is 0 Å². The fourth-order valence-corrected chi connectivity index (χ4v) is 0. The van der Waals surface area contributed by atoms with Crippen LogP contribution in [-0.2, 0) is 0 Å². The van der Waals surface area contributed by atoms with E-state index in [1.165, 1.54) is 0 Å². The summed E-state index contributed by atoms with van der Waals surface area (Å²) in [6, 6.07) is 0. The summed E-state index contributed by atoms with van der Waals surface area (Å²) >= 11 is 14.3. The van der Waals surface area contributed by atoms with Crippen molar-refractivity contribution in [2.45, 2.75) is 10.1 Å². The Morgan fingerprint density at radius 2 is 1.71 bits per heavy atom. The maximum atomic E-state index is 11.8. The van der Waals surface area contributed by atoms with E-state index < -0.39 is 10.1 Å². The Balaban J connectivity index is 3.54. The van der Waals surface area contributed by atoms with Gasteiger partial charge in [-0.05, 0) is 0 Å². The van der Waals surface area contributed by atoms with Crippen LogP contribution in [0, 0.1) is 0 Å². The lowest BCUT2D eigenvalue weighted by molar-refractivity contribution is 0.381. The Morgan fingerprint density at radius 1 is 1.57 bits per heavy atom. The molecule has 0 rings (SSSR count). The van der Waals surface area contributed by atoms with Crippen molar-refractivity contribution in [3.05, 3.63) is 0 Å². The first-order valence-electron chi connectivity index (χ1n) is 1.41. The zero-order valence-corrected chi connectivity index (χ0v) is 5.43. The largest absolute Gasteiger partial charge is 0.310 e. The minimum absolute atomic E-state index is 1.36. The van der Waals surface area contributed by atoms with Crippen LogP contribution < -0.4 is 5.73 Å². The second-order valence-corrected chi connectivity index (χ2v) is 2.71. The number of nitrogens with two attached hydrogens (primary N) is 1. The molecule has 0 aliphatic heterocycles. The highest BCUT2D eigenvalue weighted by Crippen LogP contribution is 2.27. The van der Waals surface area contributed by atoms with Crippen LogP contribution in [0.15, 0.2) is 0 Å². The van der Waals surface area contributed by atoms with Gasteiger partial charge in [0.05, 0.1) is 0 Å². The van der Waals surface area contributed by atoms with E-state index in [2.05, 4.69) is 0 Å². The third-order valence-electron chi connectivity index (χ3n) is 0.313. The molecule has 0 saturated heterocycles. The molecule has 7 heavy (non-hydrogen) atoms. The van der Waals surface area contributed by atoms with Crippen LogP contribution in [-0.4, -0.2) is 10.1 Å². The molecule has 2 N–H and O–H groups in total. The van der Waals surface area contributed by atoms with E-state index in [0.717, 1.165) is 0 Å². The number of hydrogen-bond donors (Lipinski definition) is 1. The van der Waals surface area contributed by atoms with Crippen LogP contribution in [0.3, 0.4) is 0 Å². The monoisotopic (exact) mass is 165 g/mol. The van der Waals surface area contributed by atoms with Crippen molar-refractivity contribution in [2.24, 2.45) is 5.73 Å². The number of alkyl halides is 4. The van der Waals surface area contributed by atoms with E-state index in [1.807, 2.05) is 0 Å². The van der Waals surface area contributed by atoms with Gasteiger partial charge in [0.2, 0.25) is 0 Å². The fourth-order valence-electron chi connectivity index (χ4n) is 0. The molecule has 0 radical (unpaired) electrons. The highest BCUT2D eigenvalue weighted by Gasteiger charge is 2.29. The molecule has 0 saturated carbocycles. The summed E-state index contributed by atoms with van der Waals surface area (Å²) < 4.78 is 9.27. The molecule has 0 aliphatic carbocycles. The zero-order chi connectivity index (χ0) is 6.08. The molecule has 0 spiro atoms. The van der Waals surface area contributed by atoms with Crippen LogP contribution >= 0.6 is 34.8 Å². The number of halogens is 4. The van der Waals surface area contributed by atoms with Gasteiger partial charge in [-0.3, -0.25) is 0 Å². The van der Waals surface area contributed by atoms with Gasteiger partial charge in [0.1, 0.15) is 5.50 Å². The van der Waals surface area contributed by atoms with Gasteiger partial charge in [-0.1, -0.05) is 34.8 Å². The topological polar surface area (TPSA) is 26.0 Å². The van der Waals surface area contributed by atoms with Crippen molar-refractivity contribution in [3.8, 4) is 0 Å². The molecule has 0 amide bonds. The highest BCUT2D eigenvalue weighted by molar-refractivity contribution is 6.50. The summed E-state index contributed by atoms with van der Waals surface area (Å²) in [5.41, 5.74) is 3.33. The maximum absolute atomic E-state index is 11.8. The lowest BCUT2D eigenvalue weighted by Crippen LogP contribution is -2.29. The average Bonchev–Trinajstić information content (AvgIpc) is 1.31. The Hall–Kier alpha value is 0.760. The SMILES string of the molecule is NC(Cl)C(F)(Cl)Cl. The Bertz CT molecular complexity index is 58.4. The fraction of sp³-hybridized carbons (Fsp3) is 1.00. The first-order chi connectivity index (χ1) is 2.94. The van der Waals surface area contributed by atoms with Crippen molar-refractivity contribution >= 4 is 34.8 Å². The third kappa shape index (κ3) is 3.35. The van der Waals surface area contributed by atoms with E-state index in [9.17, 15) is 4.39 Å². The molecule has 44 valence electrons. The van der Waals surface area contributed by atoms with Crippen molar-refractivity contribution < 1.29 is 4.39 Å². The van der Waals surface area contributed by atoms with Gasteiger partial charge in [0.15, 0.2) is 0 Å². The summed E-state index contributed by atoms with van der Waals surface area (Å²) in [5, 5.41) is 0. The Labute approximate surface area is 55.5 Å². The van der Waals surface area contributed by atoms with Crippen LogP contribution in [0.1, 0.15) is 0 Å². The summed E-state index contributed by atoms with van der Waals surface area (Å²) in [5.74, 6) is 0. The predicted octanol–water partition coefficient (Wildman–Crippen LogP) is 1.61. The number of hydrogen-bond acceptors (Lipinski definition) is 1. The van der Waals surface area contributed by atoms with E-state index in [-0.39, 0.29) is 0 Å². The minimum Gasteiger partial charge on any atom is -0.310 e. The van der Waals surface area contributed by atoms with E-state index in [0.29, 0.717) is 0 Å². The second kappa shape index (κ2) is 2.35. The molecule has 1 unspecified atom stereocenters. The first-order valence-corrected chi connectivity index (χ1v) is 2.60. The summed E-state index contributed by atoms with van der Waals surface area (Å²) in [7, 11) is 0. The van der Waals surface area contributed by atoms with Crippen molar-refractivity contribution in [2.75, 3.05) is 0 Å². The number of rotatable bonds is 1. The van der Waals surface area contributed by atoms with Crippen molar-refractivity contribution in [3.63, 3.8) is 0 Å². The van der Waals surface area contributed by atoms with Crippen LogP contribution in [0.25, 0.3) is 0 Å². The molecule has 1 atom stereocenters. The lowest BCUT2D eigenvalue weighted by Gasteiger charge is -2.09. The van der Waals surface area contributed by atoms with Gasteiger partial charge in [-0.25, -0.2) is 4.39 Å². The van der Waals surface area contributed by atoms with Gasteiger partial charge in [0, 0.05) is 0 Å². The van der Waals surface area contributed by atoms with Gasteiger partial charge in [-0.2, -0.15) is 0 Å². The van der Waals surface area contributed by atoms with Crippen LogP contribution in [0.4, 0.5) is 4.39 Å². The normalized spacial score (nSPS) is 16.7. The highest BCUT2D eigenvalue weighted by atomic mass is 35.5. The first kappa shape index (κ1) is 7.76. The smallest absolute Gasteiger partial charge is 0.286 e. The van der Waals surface area contributed by atoms with Crippen LogP contribution in [0.5, 0.6) is 0 Å². The lowest BCUT2D eigenvalue weighted by atomic mass is 10.7. The molecule has 0 aliphatic rings. The molecule has 1 nitrogen and oxygen atoms in total. The van der Waals surface area contributed by atoms with Gasteiger partial charge in [0.25, 0.3) is 4.59 Å². The van der Waals surface area contributed by atoms with Crippen molar-refractivity contribution in [1.29, 1.82) is 0 Å². The molecular formula is C2H3Cl3FN. The molecule has 0 heterocycles. The quantitative estimate of drug-likeness (QED) is 0.465. The summed E-state index contributed by atoms with van der Waals surface area (Å²) in [6.45, 7) is 0. The Kier molecular flexibility index (Phi) is 2.61.